The van der Waals surface area contributed by atoms with E-state index in [1.807, 2.05) is 20.8 Å². The monoisotopic (exact) mass is 327 g/mol. The molecule has 3 rings (SSSR count). The maximum absolute atomic E-state index is 12.1. The lowest BCUT2D eigenvalue weighted by Crippen LogP contribution is -2.37. The van der Waals surface area contributed by atoms with Crippen molar-refractivity contribution in [3.8, 4) is 0 Å². The molecule has 24 heavy (non-hydrogen) atoms. The minimum absolute atomic E-state index is 0.137. The van der Waals surface area contributed by atoms with Crippen molar-refractivity contribution in [1.82, 2.24) is 15.3 Å². The van der Waals surface area contributed by atoms with Crippen molar-refractivity contribution < 1.29 is 14.3 Å². The zero-order valence-corrected chi connectivity index (χ0v) is 14.1. The number of aromatic nitrogens is 2. The third kappa shape index (κ3) is 3.69. The van der Waals surface area contributed by atoms with E-state index >= 15 is 0 Å². The molecule has 1 aliphatic carbocycles. The number of rotatable bonds is 5. The number of amides is 1. The zero-order chi connectivity index (χ0) is 17.3. The number of carbonyl (C=O) groups is 2. The van der Waals surface area contributed by atoms with Gasteiger partial charge in [0.25, 0.3) is 5.91 Å². The Bertz CT molecular complexity index is 799. The number of hydrogen-bond donors (Lipinski definition) is 1. The third-order valence-electron chi connectivity index (χ3n) is 4.36. The van der Waals surface area contributed by atoms with E-state index in [1.54, 1.807) is 18.2 Å². The lowest BCUT2D eigenvalue weighted by atomic mass is 10.2. The number of carbonyl (C=O) groups excluding carboxylic acids is 2. The minimum Gasteiger partial charge on any atom is -0.452 e. The number of nitrogens with one attached hydrogen (secondary N) is 1. The third-order valence-corrected chi connectivity index (χ3v) is 4.36. The van der Waals surface area contributed by atoms with Crippen LogP contribution in [0.2, 0.25) is 0 Å². The summed E-state index contributed by atoms with van der Waals surface area (Å²) in [7, 11) is 0. The Labute approximate surface area is 140 Å². The number of hydrogen-bond acceptors (Lipinski definition) is 5. The molecule has 2 aromatic rings. The summed E-state index contributed by atoms with van der Waals surface area (Å²) in [5.41, 5.74) is 3.41. The molecule has 1 N–H and O–H groups in total. The fourth-order valence-electron chi connectivity index (χ4n) is 2.58. The second-order valence-electron chi connectivity index (χ2n) is 6.37. The van der Waals surface area contributed by atoms with Crippen LogP contribution in [0.4, 0.5) is 0 Å². The van der Waals surface area contributed by atoms with E-state index in [4.69, 9.17) is 4.74 Å². The van der Waals surface area contributed by atoms with Crippen molar-refractivity contribution in [2.24, 2.45) is 5.92 Å². The summed E-state index contributed by atoms with van der Waals surface area (Å²) >= 11 is 0. The average Bonchev–Trinajstić information content (AvgIpc) is 3.38. The van der Waals surface area contributed by atoms with Gasteiger partial charge in [0.05, 0.1) is 28.0 Å². The maximum atomic E-state index is 12.1. The highest BCUT2D eigenvalue weighted by molar-refractivity contribution is 5.94. The molecule has 1 fully saturated rings. The van der Waals surface area contributed by atoms with Crippen molar-refractivity contribution in [1.29, 1.82) is 0 Å². The average molecular weight is 327 g/mol. The summed E-state index contributed by atoms with van der Waals surface area (Å²) in [4.78, 5) is 32.8. The number of benzene rings is 1. The van der Waals surface area contributed by atoms with Gasteiger partial charge in [-0.3, -0.25) is 4.79 Å². The molecule has 0 spiro atoms. The molecule has 0 unspecified atom stereocenters. The molecule has 0 aliphatic heterocycles. The Morgan fingerprint density at radius 2 is 1.88 bits per heavy atom. The van der Waals surface area contributed by atoms with E-state index in [-0.39, 0.29) is 18.6 Å². The molecular formula is C18H21N3O3. The first-order valence-electron chi connectivity index (χ1n) is 8.15. The SMILES string of the molecule is Cc1nc2ccc(C(=O)OCC(=O)N[C@H](C)C3CC3)cc2nc1C. The Morgan fingerprint density at radius 3 is 2.54 bits per heavy atom. The van der Waals surface area contributed by atoms with Crippen molar-refractivity contribution in [2.45, 2.75) is 39.7 Å². The number of nitrogens with zero attached hydrogens (tertiary/aromatic N) is 2. The highest BCUT2D eigenvalue weighted by atomic mass is 16.5. The van der Waals surface area contributed by atoms with Crippen LogP contribution < -0.4 is 5.32 Å². The molecule has 1 saturated carbocycles. The molecule has 1 aromatic carbocycles. The van der Waals surface area contributed by atoms with Crippen LogP contribution in [0.15, 0.2) is 18.2 Å². The second kappa shape index (κ2) is 6.55. The van der Waals surface area contributed by atoms with Crippen LogP contribution >= 0.6 is 0 Å². The molecule has 1 aromatic heterocycles. The van der Waals surface area contributed by atoms with E-state index in [1.165, 1.54) is 0 Å². The molecule has 0 saturated heterocycles. The number of esters is 1. The fraction of sp³-hybridized carbons (Fsp3) is 0.444. The van der Waals surface area contributed by atoms with Crippen LogP contribution in [-0.2, 0) is 9.53 Å². The Hall–Kier alpha value is -2.50. The molecule has 1 amide bonds. The van der Waals surface area contributed by atoms with Crippen molar-refractivity contribution >= 4 is 22.9 Å². The van der Waals surface area contributed by atoms with Crippen LogP contribution in [0.25, 0.3) is 11.0 Å². The Kier molecular flexibility index (Phi) is 4.46. The van der Waals surface area contributed by atoms with E-state index < -0.39 is 5.97 Å². The van der Waals surface area contributed by atoms with Crippen LogP contribution in [0.3, 0.4) is 0 Å². The van der Waals surface area contributed by atoms with E-state index in [9.17, 15) is 9.59 Å². The van der Waals surface area contributed by atoms with Crippen LogP contribution in [0.5, 0.6) is 0 Å². The van der Waals surface area contributed by atoms with Crippen molar-refractivity contribution in [3.63, 3.8) is 0 Å². The number of ether oxygens (including phenoxy) is 1. The van der Waals surface area contributed by atoms with Crippen molar-refractivity contribution in [3.05, 3.63) is 35.2 Å². The fourth-order valence-corrected chi connectivity index (χ4v) is 2.58. The number of fused-ring (bicyclic) bond motifs is 1. The van der Waals surface area contributed by atoms with Gasteiger partial charge in [0, 0.05) is 6.04 Å². The standard InChI is InChI=1S/C18H21N3O3/c1-10-11(2)20-16-8-14(6-7-15(16)19-10)18(23)24-9-17(22)21-12(3)13-4-5-13/h6-8,12-13H,4-5,9H2,1-3H3,(H,21,22)/t12-/m1/s1. The molecule has 126 valence electrons. The summed E-state index contributed by atoms with van der Waals surface area (Å²) in [5.74, 6) is -0.239. The van der Waals surface area contributed by atoms with Crippen molar-refractivity contribution in [2.75, 3.05) is 6.61 Å². The predicted molar refractivity (Wildman–Crippen MR) is 89.6 cm³/mol. The molecule has 6 nitrogen and oxygen atoms in total. The van der Waals surface area contributed by atoms with E-state index in [2.05, 4.69) is 15.3 Å². The van der Waals surface area contributed by atoms with Gasteiger partial charge in [-0.05, 0) is 57.7 Å². The van der Waals surface area contributed by atoms with E-state index in [0.29, 0.717) is 17.0 Å². The smallest absolute Gasteiger partial charge is 0.338 e. The van der Waals surface area contributed by atoms with Gasteiger partial charge in [-0.25, -0.2) is 14.8 Å². The second-order valence-corrected chi connectivity index (χ2v) is 6.37. The summed E-state index contributed by atoms with van der Waals surface area (Å²) < 4.78 is 5.09. The largest absolute Gasteiger partial charge is 0.452 e. The quantitative estimate of drug-likeness (QED) is 0.852. The Morgan fingerprint density at radius 1 is 1.21 bits per heavy atom. The molecule has 0 bridgehead atoms. The van der Waals surface area contributed by atoms with Crippen LogP contribution in [0.1, 0.15) is 41.5 Å². The summed E-state index contributed by atoms with van der Waals surface area (Å²) in [5, 5.41) is 2.85. The van der Waals surface area contributed by atoms with Gasteiger partial charge < -0.3 is 10.1 Å². The molecular weight excluding hydrogens is 306 g/mol. The molecule has 1 aliphatic rings. The first kappa shape index (κ1) is 16.4. The molecule has 6 heteroatoms. The summed E-state index contributed by atoms with van der Waals surface area (Å²) in [6.07, 6.45) is 2.30. The highest BCUT2D eigenvalue weighted by Gasteiger charge is 2.29. The van der Waals surface area contributed by atoms with Gasteiger partial charge in [-0.1, -0.05) is 0 Å². The first-order valence-corrected chi connectivity index (χ1v) is 8.15. The topological polar surface area (TPSA) is 81.2 Å². The predicted octanol–water partition coefficient (Wildman–Crippen LogP) is 2.32. The van der Waals surface area contributed by atoms with E-state index in [0.717, 1.165) is 29.7 Å². The lowest BCUT2D eigenvalue weighted by Gasteiger charge is -2.12. The zero-order valence-electron chi connectivity index (χ0n) is 14.1. The first-order chi connectivity index (χ1) is 11.4. The van der Waals surface area contributed by atoms with Gasteiger partial charge in [0.1, 0.15) is 0 Å². The van der Waals surface area contributed by atoms with Gasteiger partial charge >= 0.3 is 5.97 Å². The van der Waals surface area contributed by atoms with Gasteiger partial charge in [-0.15, -0.1) is 0 Å². The van der Waals surface area contributed by atoms with Gasteiger partial charge in [0.2, 0.25) is 0 Å². The molecule has 0 radical (unpaired) electrons. The minimum atomic E-state index is -0.536. The van der Waals surface area contributed by atoms with Crippen LogP contribution in [0, 0.1) is 19.8 Å². The summed E-state index contributed by atoms with van der Waals surface area (Å²) in [6, 6.07) is 5.15. The lowest BCUT2D eigenvalue weighted by molar-refractivity contribution is -0.124. The highest BCUT2D eigenvalue weighted by Crippen LogP contribution is 2.32. The van der Waals surface area contributed by atoms with Crippen LogP contribution in [-0.4, -0.2) is 34.5 Å². The summed E-state index contributed by atoms with van der Waals surface area (Å²) in [6.45, 7) is 5.47. The van der Waals surface area contributed by atoms with Gasteiger partial charge in [-0.2, -0.15) is 0 Å². The molecule has 1 heterocycles. The Balaban J connectivity index is 1.63. The molecule has 1 atom stereocenters. The number of aryl methyl sites for hydroxylation is 2. The maximum Gasteiger partial charge on any atom is 0.338 e. The van der Waals surface area contributed by atoms with Gasteiger partial charge in [0.15, 0.2) is 6.61 Å². The normalized spacial score (nSPS) is 15.1.